The normalized spacial score (nSPS) is 13.0. The maximum absolute atomic E-state index is 9.95. The summed E-state index contributed by atoms with van der Waals surface area (Å²) >= 11 is 4.94. The fraction of sp³-hybridized carbons (Fsp3) is 0.300. The van der Waals surface area contributed by atoms with E-state index in [2.05, 4.69) is 21.0 Å². The molecular weight excluding hydrogens is 276 g/mol. The molecule has 5 heteroatoms. The number of aliphatic hydroxyl groups excluding tert-OH is 1. The monoisotopic (exact) mass is 286 g/mol. The first-order valence-corrected chi connectivity index (χ1v) is 6.17. The van der Waals surface area contributed by atoms with E-state index >= 15 is 0 Å². The van der Waals surface area contributed by atoms with E-state index in [0.29, 0.717) is 6.42 Å². The van der Waals surface area contributed by atoms with E-state index in [9.17, 15) is 5.11 Å². The number of nitrogens with zero attached hydrogens (tertiary/aromatic N) is 2. The van der Waals surface area contributed by atoms with Crippen LogP contribution in [-0.2, 0) is 13.5 Å². The number of thiophene rings is 1. The van der Waals surface area contributed by atoms with Crippen LogP contribution in [-0.4, -0.2) is 14.9 Å². The zero-order valence-corrected chi connectivity index (χ0v) is 10.6. The Hall–Kier alpha value is -0.650. The van der Waals surface area contributed by atoms with Crippen LogP contribution in [0, 0.1) is 0 Å². The Kier molecular flexibility index (Phi) is 3.23. The van der Waals surface area contributed by atoms with Crippen LogP contribution >= 0.6 is 27.3 Å². The molecule has 3 nitrogen and oxygen atoms in total. The number of hydrogen-bond donors (Lipinski definition) is 1. The highest BCUT2D eigenvalue weighted by molar-refractivity contribution is 9.11. The highest BCUT2D eigenvalue weighted by Crippen LogP contribution is 2.28. The van der Waals surface area contributed by atoms with Crippen molar-refractivity contribution in [3.05, 3.63) is 38.8 Å². The minimum Gasteiger partial charge on any atom is -0.387 e. The van der Waals surface area contributed by atoms with Crippen LogP contribution in [0.25, 0.3) is 0 Å². The number of rotatable bonds is 3. The average molecular weight is 287 g/mol. The number of aryl methyl sites for hydroxylation is 1. The van der Waals surface area contributed by atoms with Crippen molar-refractivity contribution in [2.75, 3.05) is 0 Å². The third-order valence-corrected chi connectivity index (χ3v) is 3.83. The van der Waals surface area contributed by atoms with E-state index < -0.39 is 6.10 Å². The lowest BCUT2D eigenvalue weighted by Crippen LogP contribution is -1.98. The van der Waals surface area contributed by atoms with Gasteiger partial charge < -0.3 is 5.11 Å². The number of aliphatic hydroxyl groups is 1. The fourth-order valence-corrected chi connectivity index (χ4v) is 2.82. The SMILES string of the molecule is Cn1cc(CC(O)c2ccc(Br)s2)cn1. The number of halogens is 1. The number of aromatic nitrogens is 2. The second-order valence-electron chi connectivity index (χ2n) is 3.38. The van der Waals surface area contributed by atoms with Crippen molar-refractivity contribution in [2.24, 2.45) is 7.05 Å². The molecule has 0 spiro atoms. The van der Waals surface area contributed by atoms with Crippen LogP contribution in [0.2, 0.25) is 0 Å². The molecule has 80 valence electrons. The van der Waals surface area contributed by atoms with Crippen LogP contribution in [0.5, 0.6) is 0 Å². The first-order valence-electron chi connectivity index (χ1n) is 4.56. The van der Waals surface area contributed by atoms with Gasteiger partial charge in [-0.15, -0.1) is 11.3 Å². The third-order valence-electron chi connectivity index (χ3n) is 2.11. The van der Waals surface area contributed by atoms with E-state index in [1.807, 2.05) is 25.4 Å². The van der Waals surface area contributed by atoms with Crippen molar-refractivity contribution in [1.29, 1.82) is 0 Å². The zero-order chi connectivity index (χ0) is 10.8. The second-order valence-corrected chi connectivity index (χ2v) is 5.88. The van der Waals surface area contributed by atoms with Crippen molar-refractivity contribution >= 4 is 27.3 Å². The summed E-state index contributed by atoms with van der Waals surface area (Å²) in [6.45, 7) is 0. The molecule has 0 saturated heterocycles. The van der Waals surface area contributed by atoms with Crippen LogP contribution in [0.15, 0.2) is 28.3 Å². The molecule has 1 atom stereocenters. The Bertz CT molecular complexity index is 452. The maximum atomic E-state index is 9.95. The summed E-state index contributed by atoms with van der Waals surface area (Å²) in [5, 5.41) is 14.0. The van der Waals surface area contributed by atoms with Gasteiger partial charge in [-0.25, -0.2) is 0 Å². The molecule has 2 aromatic heterocycles. The Morgan fingerprint density at radius 2 is 2.40 bits per heavy atom. The standard InChI is InChI=1S/C10H11BrN2OS/c1-13-6-7(5-12-13)4-8(14)9-2-3-10(11)15-9/h2-3,5-6,8,14H,4H2,1H3. The van der Waals surface area contributed by atoms with Gasteiger partial charge in [-0.3, -0.25) is 4.68 Å². The second kappa shape index (κ2) is 4.47. The van der Waals surface area contributed by atoms with Crippen LogP contribution in [0.3, 0.4) is 0 Å². The molecule has 0 bridgehead atoms. The topological polar surface area (TPSA) is 38.0 Å². The Morgan fingerprint density at radius 3 is 2.93 bits per heavy atom. The van der Waals surface area contributed by atoms with Gasteiger partial charge in [0, 0.05) is 24.5 Å². The first kappa shape index (κ1) is 10.9. The molecule has 15 heavy (non-hydrogen) atoms. The molecule has 0 saturated carbocycles. The van der Waals surface area contributed by atoms with Crippen molar-refractivity contribution in [1.82, 2.24) is 9.78 Å². The summed E-state index contributed by atoms with van der Waals surface area (Å²) in [6.07, 6.45) is 3.88. The summed E-state index contributed by atoms with van der Waals surface area (Å²) in [5.41, 5.74) is 1.05. The Balaban J connectivity index is 2.06. The lowest BCUT2D eigenvalue weighted by Gasteiger charge is -2.05. The predicted molar refractivity (Wildman–Crippen MR) is 63.9 cm³/mol. The highest BCUT2D eigenvalue weighted by Gasteiger charge is 2.11. The molecule has 2 heterocycles. The third kappa shape index (κ3) is 2.68. The summed E-state index contributed by atoms with van der Waals surface area (Å²) in [7, 11) is 1.87. The van der Waals surface area contributed by atoms with Crippen molar-refractivity contribution in [2.45, 2.75) is 12.5 Å². The largest absolute Gasteiger partial charge is 0.387 e. The maximum Gasteiger partial charge on any atom is 0.0923 e. The molecule has 0 radical (unpaired) electrons. The molecular formula is C10H11BrN2OS. The van der Waals surface area contributed by atoms with Gasteiger partial charge >= 0.3 is 0 Å². The zero-order valence-electron chi connectivity index (χ0n) is 8.22. The van der Waals surface area contributed by atoms with E-state index in [1.54, 1.807) is 22.2 Å². The van der Waals surface area contributed by atoms with Gasteiger partial charge in [-0.05, 0) is 33.6 Å². The molecule has 0 aliphatic rings. The summed E-state index contributed by atoms with van der Waals surface area (Å²) in [6, 6.07) is 3.89. The van der Waals surface area contributed by atoms with Gasteiger partial charge in [0.05, 0.1) is 16.1 Å². The summed E-state index contributed by atoms with van der Waals surface area (Å²) in [4.78, 5) is 0.978. The minimum absolute atomic E-state index is 0.439. The molecule has 0 amide bonds. The van der Waals surface area contributed by atoms with E-state index in [4.69, 9.17) is 0 Å². The lowest BCUT2D eigenvalue weighted by atomic mass is 10.1. The Morgan fingerprint density at radius 1 is 1.60 bits per heavy atom. The lowest BCUT2D eigenvalue weighted by molar-refractivity contribution is 0.182. The van der Waals surface area contributed by atoms with Gasteiger partial charge in [-0.1, -0.05) is 0 Å². The quantitative estimate of drug-likeness (QED) is 0.942. The molecule has 0 aromatic carbocycles. The van der Waals surface area contributed by atoms with Gasteiger partial charge in [0.1, 0.15) is 0 Å². The van der Waals surface area contributed by atoms with Gasteiger partial charge in [0.15, 0.2) is 0 Å². The van der Waals surface area contributed by atoms with Crippen LogP contribution in [0.4, 0.5) is 0 Å². The predicted octanol–water partition coefficient (Wildman–Crippen LogP) is 2.52. The van der Waals surface area contributed by atoms with Crippen LogP contribution in [0.1, 0.15) is 16.5 Å². The fourth-order valence-electron chi connectivity index (χ4n) is 1.41. The minimum atomic E-state index is -0.439. The highest BCUT2D eigenvalue weighted by atomic mass is 79.9. The van der Waals surface area contributed by atoms with Gasteiger partial charge in [0.2, 0.25) is 0 Å². The van der Waals surface area contributed by atoms with E-state index in [-0.39, 0.29) is 0 Å². The Labute approximate surface area is 100 Å². The average Bonchev–Trinajstić information content (AvgIpc) is 2.75. The van der Waals surface area contributed by atoms with Gasteiger partial charge in [-0.2, -0.15) is 5.10 Å². The first-order chi connectivity index (χ1) is 7.15. The van der Waals surface area contributed by atoms with Crippen LogP contribution < -0.4 is 0 Å². The molecule has 0 aliphatic heterocycles. The van der Waals surface area contributed by atoms with E-state index in [1.165, 1.54) is 0 Å². The van der Waals surface area contributed by atoms with Crippen molar-refractivity contribution in [3.63, 3.8) is 0 Å². The molecule has 0 aliphatic carbocycles. The summed E-state index contributed by atoms with van der Waals surface area (Å²) in [5.74, 6) is 0. The molecule has 1 unspecified atom stereocenters. The van der Waals surface area contributed by atoms with Crippen molar-refractivity contribution < 1.29 is 5.11 Å². The number of hydrogen-bond acceptors (Lipinski definition) is 3. The molecule has 2 aromatic rings. The summed E-state index contributed by atoms with van der Waals surface area (Å²) < 4.78 is 2.79. The molecule has 2 rings (SSSR count). The molecule has 1 N–H and O–H groups in total. The van der Waals surface area contributed by atoms with Gasteiger partial charge in [0.25, 0.3) is 0 Å². The molecule has 0 fully saturated rings. The van der Waals surface area contributed by atoms with E-state index in [0.717, 1.165) is 14.2 Å². The van der Waals surface area contributed by atoms with Crippen molar-refractivity contribution in [3.8, 4) is 0 Å². The smallest absolute Gasteiger partial charge is 0.0923 e.